The SMILES string of the molecule is N#C[S-].[Cd].[NH4+]. The van der Waals surface area contributed by atoms with Crippen molar-refractivity contribution in [2.75, 3.05) is 0 Å². The smallest absolute Gasteiger partial charge is 0 e. The number of nitriles is 1. The van der Waals surface area contributed by atoms with Crippen molar-refractivity contribution >= 4 is 12.6 Å². The zero-order chi connectivity index (χ0) is 2.71. The molecule has 5 heavy (non-hydrogen) atoms. The molecule has 0 atom stereocenters. The van der Waals surface area contributed by atoms with Gasteiger partial charge in [0.2, 0.25) is 0 Å². The minimum Gasteiger partial charge on any atom is -0.696 e. The van der Waals surface area contributed by atoms with E-state index < -0.39 is 0 Å². The van der Waals surface area contributed by atoms with Crippen LogP contribution in [-0.2, 0) is 39.9 Å². The Balaban J connectivity index is -0.0000000200. The average molecular weight is 189 g/mol. The molecular formula is CH4CdN2S. The van der Waals surface area contributed by atoms with E-state index in [1.165, 1.54) is 5.40 Å². The van der Waals surface area contributed by atoms with E-state index >= 15 is 0 Å². The summed E-state index contributed by atoms with van der Waals surface area (Å²) in [6, 6.07) is 0. The molecule has 0 radical (unpaired) electrons. The Labute approximate surface area is 56.7 Å². The third kappa shape index (κ3) is 88.0. The van der Waals surface area contributed by atoms with Gasteiger partial charge in [0.15, 0.2) is 0 Å². The molecule has 4 heteroatoms. The number of rotatable bonds is 0. The van der Waals surface area contributed by atoms with E-state index in [0.29, 0.717) is 0 Å². The summed E-state index contributed by atoms with van der Waals surface area (Å²) < 4.78 is 0. The van der Waals surface area contributed by atoms with Gasteiger partial charge in [-0.15, -0.1) is 0 Å². The van der Waals surface area contributed by atoms with Crippen LogP contribution in [0.3, 0.4) is 0 Å². The van der Waals surface area contributed by atoms with Crippen LogP contribution in [0, 0.1) is 10.7 Å². The minimum atomic E-state index is 0. The Morgan fingerprint density at radius 3 is 1.60 bits per heavy atom. The number of nitrogens with zero attached hydrogens (tertiary/aromatic N) is 1. The third-order valence-electron chi connectivity index (χ3n) is 0. The summed E-state index contributed by atoms with van der Waals surface area (Å²) in [7, 11) is 0. The van der Waals surface area contributed by atoms with E-state index in [-0.39, 0.29) is 33.4 Å². The molecular weight excluding hydrogens is 185 g/mol. The van der Waals surface area contributed by atoms with Crippen molar-refractivity contribution in [3.05, 3.63) is 0 Å². The molecule has 0 heterocycles. The van der Waals surface area contributed by atoms with Crippen LogP contribution < -0.4 is 6.15 Å². The van der Waals surface area contributed by atoms with Crippen LogP contribution in [0.5, 0.6) is 0 Å². The van der Waals surface area contributed by atoms with Crippen molar-refractivity contribution in [1.82, 2.24) is 6.15 Å². The standard InChI is InChI=1S/CHNS.Cd.H3N/c2-1-3;;/h3H;;1H3. The fourth-order valence-electron chi connectivity index (χ4n) is 0. The van der Waals surface area contributed by atoms with Gasteiger partial charge in [-0.3, -0.25) is 0 Å². The van der Waals surface area contributed by atoms with Crippen LogP contribution in [0.25, 0.3) is 0 Å². The minimum absolute atomic E-state index is 0. The van der Waals surface area contributed by atoms with E-state index in [2.05, 4.69) is 12.6 Å². The molecule has 0 aliphatic heterocycles. The first-order chi connectivity index (χ1) is 1.41. The molecule has 0 bridgehead atoms. The van der Waals surface area contributed by atoms with Crippen LogP contribution in [-0.4, -0.2) is 0 Å². The van der Waals surface area contributed by atoms with Gasteiger partial charge in [-0.2, -0.15) is 0 Å². The maximum absolute atomic E-state index is 7.13. The Morgan fingerprint density at radius 1 is 1.60 bits per heavy atom. The second kappa shape index (κ2) is 23.4. The van der Waals surface area contributed by atoms with Crippen LogP contribution in [0.15, 0.2) is 0 Å². The predicted molar refractivity (Wildman–Crippen MR) is 19.0 cm³/mol. The van der Waals surface area contributed by atoms with E-state index in [4.69, 9.17) is 5.26 Å². The van der Waals surface area contributed by atoms with Crippen molar-refractivity contribution in [1.29, 1.82) is 5.26 Å². The van der Waals surface area contributed by atoms with Crippen LogP contribution >= 0.6 is 0 Å². The molecule has 0 unspecified atom stereocenters. The summed E-state index contributed by atoms with van der Waals surface area (Å²) in [6.45, 7) is 0. The number of hydrogen-bond acceptors (Lipinski definition) is 2. The number of quaternary nitrogens is 1. The normalized spacial score (nSPS) is 1.40. The number of thiocyanates is 1. The summed E-state index contributed by atoms with van der Waals surface area (Å²) in [4.78, 5) is 0. The second-order valence-electron chi connectivity index (χ2n) is 0.0913. The van der Waals surface area contributed by atoms with E-state index in [0.717, 1.165) is 0 Å². The van der Waals surface area contributed by atoms with Gasteiger partial charge in [0.05, 0.1) is 0 Å². The molecule has 0 saturated carbocycles. The van der Waals surface area contributed by atoms with Gasteiger partial charge < -0.3 is 18.8 Å². The largest absolute Gasteiger partial charge is 0.696 e. The van der Waals surface area contributed by atoms with Crippen molar-refractivity contribution in [2.45, 2.75) is 0 Å². The van der Waals surface area contributed by atoms with Gasteiger partial charge >= 0.3 is 0 Å². The fraction of sp³-hybridized carbons (Fsp3) is 0. The zero-order valence-electron chi connectivity index (χ0n) is 3.06. The van der Waals surface area contributed by atoms with Crippen LogP contribution in [0.1, 0.15) is 0 Å². The Kier molecular flexibility index (Phi) is 82.1. The van der Waals surface area contributed by atoms with E-state index in [9.17, 15) is 0 Å². The van der Waals surface area contributed by atoms with Crippen molar-refractivity contribution in [2.24, 2.45) is 0 Å². The van der Waals surface area contributed by atoms with Gasteiger partial charge in [0, 0.05) is 27.3 Å². The molecule has 4 N–H and O–H groups in total. The molecule has 0 rings (SSSR count). The van der Waals surface area contributed by atoms with E-state index in [1.54, 1.807) is 0 Å². The third-order valence-corrected chi connectivity index (χ3v) is 0. The predicted octanol–water partition coefficient (Wildman–Crippen LogP) is 0.388. The molecule has 0 saturated heterocycles. The van der Waals surface area contributed by atoms with Crippen molar-refractivity contribution in [3.63, 3.8) is 0 Å². The quantitative estimate of drug-likeness (QED) is 0.340. The first-order valence-electron chi connectivity index (χ1n) is 0.428. The summed E-state index contributed by atoms with van der Waals surface area (Å²) in [5.41, 5.74) is 0. The van der Waals surface area contributed by atoms with Crippen molar-refractivity contribution < 1.29 is 27.3 Å². The first-order valence-corrected chi connectivity index (χ1v) is 0.836. The van der Waals surface area contributed by atoms with Crippen molar-refractivity contribution in [3.8, 4) is 5.40 Å². The summed E-state index contributed by atoms with van der Waals surface area (Å²) in [5, 5.41) is 8.47. The first kappa shape index (κ1) is 17.6. The summed E-state index contributed by atoms with van der Waals surface area (Å²) in [5.74, 6) is 0. The average Bonchev–Trinajstić information content (AvgIpc) is 0.918. The van der Waals surface area contributed by atoms with Gasteiger partial charge in [-0.05, 0) is 0 Å². The summed E-state index contributed by atoms with van der Waals surface area (Å²) >= 11 is 3.70. The topological polar surface area (TPSA) is 60.3 Å². The van der Waals surface area contributed by atoms with Gasteiger partial charge in [0.1, 0.15) is 0 Å². The molecule has 0 aliphatic rings. The molecule has 0 aliphatic carbocycles. The molecule has 0 fully saturated rings. The van der Waals surface area contributed by atoms with Gasteiger partial charge in [-0.25, -0.2) is 5.26 Å². The molecule has 0 aromatic carbocycles. The van der Waals surface area contributed by atoms with Crippen LogP contribution in [0.2, 0.25) is 0 Å². The maximum atomic E-state index is 7.13. The summed E-state index contributed by atoms with van der Waals surface area (Å²) in [6.07, 6.45) is 0. The Hall–Kier alpha value is 0.592. The second-order valence-corrected chi connectivity index (χ2v) is 0.274. The molecule has 2 nitrogen and oxygen atoms in total. The maximum Gasteiger partial charge on any atom is 0 e. The van der Waals surface area contributed by atoms with Crippen LogP contribution in [0.4, 0.5) is 0 Å². The molecule has 0 aromatic heterocycles. The Bertz CT molecular complexity index is 31.1. The van der Waals surface area contributed by atoms with Gasteiger partial charge in [0.25, 0.3) is 0 Å². The number of hydrogen-bond donors (Lipinski definition) is 1. The molecule has 0 aromatic rings. The molecule has 0 spiro atoms. The zero-order valence-corrected chi connectivity index (χ0v) is 7.92. The molecule has 26 valence electrons. The monoisotopic (exact) mass is 190 g/mol. The molecule has 0 amide bonds. The van der Waals surface area contributed by atoms with E-state index in [1.807, 2.05) is 0 Å². The Morgan fingerprint density at radius 2 is 1.60 bits per heavy atom. The van der Waals surface area contributed by atoms with Gasteiger partial charge in [-0.1, -0.05) is 5.40 Å². The fourth-order valence-corrected chi connectivity index (χ4v) is 0.